The molecule has 9 heteroatoms. The predicted molar refractivity (Wildman–Crippen MR) is 104 cm³/mol. The summed E-state index contributed by atoms with van der Waals surface area (Å²) in [5.74, 6) is -0.795. The van der Waals surface area contributed by atoms with Crippen molar-refractivity contribution < 1.29 is 14.3 Å². The van der Waals surface area contributed by atoms with Crippen LogP contribution in [0.15, 0.2) is 23.6 Å². The molecule has 2 aromatic rings. The first-order valence-corrected chi connectivity index (χ1v) is 9.66. The summed E-state index contributed by atoms with van der Waals surface area (Å²) in [4.78, 5) is 30.9. The van der Waals surface area contributed by atoms with Crippen molar-refractivity contribution in [2.45, 2.75) is 6.92 Å². The summed E-state index contributed by atoms with van der Waals surface area (Å²) in [6.07, 6.45) is 0. The summed E-state index contributed by atoms with van der Waals surface area (Å²) in [6.45, 7) is 4.77. The SMILES string of the molecule is Cc1cccc(C(=O)NNC(=O)c2csc(N3CCOCC3)n2)c1I. The minimum atomic E-state index is -0.438. The van der Waals surface area contributed by atoms with Crippen LogP contribution < -0.4 is 15.8 Å². The number of nitrogens with zero attached hydrogens (tertiary/aromatic N) is 2. The fourth-order valence-corrected chi connectivity index (χ4v) is 3.80. The zero-order chi connectivity index (χ0) is 17.8. The van der Waals surface area contributed by atoms with Gasteiger partial charge in [0.05, 0.1) is 18.8 Å². The standard InChI is InChI=1S/C16H17IN4O3S/c1-10-3-2-4-11(13(10)17)14(22)19-20-15(23)12-9-25-16(18-12)21-5-7-24-8-6-21/h2-4,9H,5-8H2,1H3,(H,19,22)(H,20,23). The first-order chi connectivity index (χ1) is 12.1. The Morgan fingerprint density at radius 2 is 1.96 bits per heavy atom. The second-order valence-corrected chi connectivity index (χ2v) is 7.37. The van der Waals surface area contributed by atoms with Gasteiger partial charge >= 0.3 is 0 Å². The molecule has 2 amide bonds. The van der Waals surface area contributed by atoms with Gasteiger partial charge in [-0.2, -0.15) is 0 Å². The number of aromatic nitrogens is 1. The van der Waals surface area contributed by atoms with Crippen LogP contribution in [0.2, 0.25) is 0 Å². The molecule has 0 bridgehead atoms. The highest BCUT2D eigenvalue weighted by atomic mass is 127. The van der Waals surface area contributed by atoms with E-state index < -0.39 is 5.91 Å². The van der Waals surface area contributed by atoms with Crippen molar-refractivity contribution in [3.63, 3.8) is 0 Å². The third-order valence-electron chi connectivity index (χ3n) is 3.73. The minimum Gasteiger partial charge on any atom is -0.378 e. The molecule has 0 saturated carbocycles. The molecule has 1 aliphatic heterocycles. The first kappa shape index (κ1) is 18.1. The summed E-state index contributed by atoms with van der Waals surface area (Å²) >= 11 is 3.52. The number of nitrogens with one attached hydrogen (secondary N) is 2. The fourth-order valence-electron chi connectivity index (χ4n) is 2.34. The Hall–Kier alpha value is -1.72. The number of benzene rings is 1. The molecule has 0 atom stereocenters. The van der Waals surface area contributed by atoms with Gasteiger partial charge in [-0.15, -0.1) is 11.3 Å². The molecule has 2 N–H and O–H groups in total. The maximum atomic E-state index is 12.2. The maximum absolute atomic E-state index is 12.2. The lowest BCUT2D eigenvalue weighted by Gasteiger charge is -2.25. The average molecular weight is 472 g/mol. The van der Waals surface area contributed by atoms with Gasteiger partial charge in [0.1, 0.15) is 5.69 Å². The molecular weight excluding hydrogens is 455 g/mol. The molecule has 1 saturated heterocycles. The molecule has 1 aliphatic rings. The summed E-state index contributed by atoms with van der Waals surface area (Å²) in [5.41, 5.74) is 6.67. The third kappa shape index (κ3) is 4.28. The molecule has 0 radical (unpaired) electrons. The van der Waals surface area contributed by atoms with Crippen LogP contribution >= 0.6 is 33.9 Å². The van der Waals surface area contributed by atoms with Crippen molar-refractivity contribution in [2.24, 2.45) is 0 Å². The van der Waals surface area contributed by atoms with Crippen LogP contribution in [0, 0.1) is 10.5 Å². The Morgan fingerprint density at radius 3 is 2.72 bits per heavy atom. The molecule has 1 fully saturated rings. The summed E-state index contributed by atoms with van der Waals surface area (Å²) < 4.78 is 6.16. The van der Waals surface area contributed by atoms with Crippen LogP contribution in [0.4, 0.5) is 5.13 Å². The van der Waals surface area contributed by atoms with E-state index in [4.69, 9.17) is 4.74 Å². The second kappa shape index (κ2) is 8.11. The van der Waals surface area contributed by atoms with Crippen LogP contribution in [0.1, 0.15) is 26.4 Å². The van der Waals surface area contributed by atoms with E-state index in [-0.39, 0.29) is 11.6 Å². The molecule has 0 aliphatic carbocycles. The lowest BCUT2D eigenvalue weighted by atomic mass is 10.1. The number of hydrogen-bond donors (Lipinski definition) is 2. The van der Waals surface area contributed by atoms with Crippen LogP contribution in [-0.2, 0) is 4.74 Å². The lowest BCUT2D eigenvalue weighted by molar-refractivity contribution is 0.0844. The molecule has 0 unspecified atom stereocenters. The zero-order valence-corrected chi connectivity index (χ0v) is 16.5. The maximum Gasteiger partial charge on any atom is 0.289 e. The molecule has 25 heavy (non-hydrogen) atoms. The number of ether oxygens (including phenoxy) is 1. The van der Waals surface area contributed by atoms with E-state index in [1.807, 2.05) is 19.1 Å². The van der Waals surface area contributed by atoms with Crippen molar-refractivity contribution in [1.82, 2.24) is 15.8 Å². The van der Waals surface area contributed by atoms with Crippen LogP contribution in [0.25, 0.3) is 0 Å². The van der Waals surface area contributed by atoms with Gasteiger partial charge in [-0.25, -0.2) is 4.98 Å². The quantitative estimate of drug-likeness (QED) is 0.528. The number of hydrogen-bond acceptors (Lipinski definition) is 6. The molecule has 1 aromatic heterocycles. The topological polar surface area (TPSA) is 83.6 Å². The number of rotatable bonds is 3. The van der Waals surface area contributed by atoms with E-state index >= 15 is 0 Å². The normalized spacial score (nSPS) is 14.2. The Morgan fingerprint density at radius 1 is 1.24 bits per heavy atom. The Kier molecular flexibility index (Phi) is 5.86. The highest BCUT2D eigenvalue weighted by Crippen LogP contribution is 2.21. The van der Waals surface area contributed by atoms with Gasteiger partial charge in [0, 0.05) is 22.0 Å². The van der Waals surface area contributed by atoms with Crippen molar-refractivity contribution >= 4 is 50.9 Å². The van der Waals surface area contributed by atoms with E-state index in [0.717, 1.165) is 27.4 Å². The van der Waals surface area contributed by atoms with Crippen LogP contribution in [0.5, 0.6) is 0 Å². The van der Waals surface area contributed by atoms with Crippen molar-refractivity contribution in [3.8, 4) is 0 Å². The summed E-state index contributed by atoms with van der Waals surface area (Å²) in [6, 6.07) is 5.46. The Balaban J connectivity index is 1.60. The number of carbonyl (C=O) groups excluding carboxylic acids is 2. The molecule has 7 nitrogen and oxygen atoms in total. The van der Waals surface area contributed by atoms with E-state index in [9.17, 15) is 9.59 Å². The molecule has 132 valence electrons. The first-order valence-electron chi connectivity index (χ1n) is 7.70. The monoisotopic (exact) mass is 472 g/mol. The number of hydrazine groups is 1. The van der Waals surface area contributed by atoms with E-state index in [0.29, 0.717) is 18.8 Å². The number of carbonyl (C=O) groups is 2. The minimum absolute atomic E-state index is 0.283. The lowest BCUT2D eigenvalue weighted by Crippen LogP contribution is -2.42. The largest absolute Gasteiger partial charge is 0.378 e. The molecule has 1 aromatic carbocycles. The Bertz CT molecular complexity index is 789. The third-order valence-corrected chi connectivity index (χ3v) is 6.07. The fraction of sp³-hybridized carbons (Fsp3) is 0.312. The molecule has 2 heterocycles. The number of thiazole rings is 1. The van der Waals surface area contributed by atoms with Gasteiger partial charge in [0.25, 0.3) is 11.8 Å². The molecule has 0 spiro atoms. The van der Waals surface area contributed by atoms with Crippen LogP contribution in [0.3, 0.4) is 0 Å². The Labute approximate surface area is 162 Å². The smallest absolute Gasteiger partial charge is 0.289 e. The zero-order valence-electron chi connectivity index (χ0n) is 13.5. The second-order valence-electron chi connectivity index (χ2n) is 5.46. The van der Waals surface area contributed by atoms with Gasteiger partial charge in [0.15, 0.2) is 5.13 Å². The highest BCUT2D eigenvalue weighted by molar-refractivity contribution is 14.1. The van der Waals surface area contributed by atoms with Crippen molar-refractivity contribution in [2.75, 3.05) is 31.2 Å². The van der Waals surface area contributed by atoms with E-state index in [2.05, 4.69) is 43.3 Å². The summed E-state index contributed by atoms with van der Waals surface area (Å²) in [5, 5.41) is 2.47. The molecular formula is C16H17IN4O3S. The van der Waals surface area contributed by atoms with Crippen LogP contribution in [-0.4, -0.2) is 43.1 Å². The van der Waals surface area contributed by atoms with Gasteiger partial charge in [0.2, 0.25) is 0 Å². The number of aryl methyl sites for hydroxylation is 1. The van der Waals surface area contributed by atoms with Crippen molar-refractivity contribution in [3.05, 3.63) is 44.0 Å². The predicted octanol–water partition coefficient (Wildman–Crippen LogP) is 1.97. The van der Waals surface area contributed by atoms with Gasteiger partial charge in [-0.3, -0.25) is 20.4 Å². The van der Waals surface area contributed by atoms with Gasteiger partial charge < -0.3 is 9.64 Å². The number of amides is 2. The van der Waals surface area contributed by atoms with E-state index in [1.54, 1.807) is 11.4 Å². The van der Waals surface area contributed by atoms with E-state index in [1.165, 1.54) is 11.3 Å². The molecule has 3 rings (SSSR count). The number of anilines is 1. The van der Waals surface area contributed by atoms with Gasteiger partial charge in [-0.1, -0.05) is 12.1 Å². The average Bonchev–Trinajstić information content (AvgIpc) is 3.13. The van der Waals surface area contributed by atoms with Crippen molar-refractivity contribution in [1.29, 1.82) is 0 Å². The number of morpholine rings is 1. The summed E-state index contributed by atoms with van der Waals surface area (Å²) in [7, 11) is 0. The highest BCUT2D eigenvalue weighted by Gasteiger charge is 2.18. The van der Waals surface area contributed by atoms with Gasteiger partial charge in [-0.05, 0) is 41.1 Å². The number of halogens is 1.